The number of nitrogens with zero attached hydrogens (tertiary/aromatic N) is 1. The largest absolute Gasteiger partial charge is 0.465 e. The molecule has 0 heterocycles. The average Bonchev–Trinajstić information content (AvgIpc) is 1.87. The molecule has 0 aromatic heterocycles. The van der Waals surface area contributed by atoms with Crippen molar-refractivity contribution < 1.29 is 9.90 Å². The highest BCUT2D eigenvalue weighted by Crippen LogP contribution is 1.96. The fourth-order valence-corrected chi connectivity index (χ4v) is 0.757. The first-order valence-corrected chi connectivity index (χ1v) is 4.25. The summed E-state index contributed by atoms with van der Waals surface area (Å²) in [6, 6.07) is -0.00949. The van der Waals surface area contributed by atoms with Crippen LogP contribution >= 0.6 is 22.6 Å². The van der Waals surface area contributed by atoms with Gasteiger partial charge in [0.2, 0.25) is 0 Å². The molecule has 0 bridgehead atoms. The third-order valence-corrected chi connectivity index (χ3v) is 1.57. The predicted molar refractivity (Wildman–Crippen MR) is 51.7 cm³/mol. The summed E-state index contributed by atoms with van der Waals surface area (Å²) in [6.07, 6.45) is -0.917. The summed E-state index contributed by atoms with van der Waals surface area (Å²) in [5.41, 5.74) is 0. The van der Waals surface area contributed by atoms with E-state index in [0.717, 1.165) is 0 Å². The maximum Gasteiger partial charge on any atom is 0.408 e. The Morgan fingerprint density at radius 1 is 1.73 bits per heavy atom. The van der Waals surface area contributed by atoms with Crippen molar-refractivity contribution in [3.8, 4) is 9.85 Å². The highest BCUT2D eigenvalue weighted by atomic mass is 127. The van der Waals surface area contributed by atoms with Crippen molar-refractivity contribution in [2.24, 2.45) is 0 Å². The SMILES string of the molecule is CC(C)N(CC#CI)C(=O)O. The molecule has 1 amide bonds. The summed E-state index contributed by atoms with van der Waals surface area (Å²) < 4.78 is 2.62. The van der Waals surface area contributed by atoms with Crippen LogP contribution in [0, 0.1) is 9.85 Å². The van der Waals surface area contributed by atoms with Crippen molar-refractivity contribution in [3.63, 3.8) is 0 Å². The van der Waals surface area contributed by atoms with E-state index in [2.05, 4.69) is 9.85 Å². The van der Waals surface area contributed by atoms with Crippen LogP contribution in [0.3, 0.4) is 0 Å². The second kappa shape index (κ2) is 5.24. The van der Waals surface area contributed by atoms with E-state index in [1.165, 1.54) is 4.90 Å². The molecule has 0 aliphatic rings. The summed E-state index contributed by atoms with van der Waals surface area (Å²) in [5, 5.41) is 8.63. The van der Waals surface area contributed by atoms with Gasteiger partial charge in [-0.1, -0.05) is 5.92 Å². The third-order valence-electron chi connectivity index (χ3n) is 1.19. The quantitative estimate of drug-likeness (QED) is 0.612. The minimum atomic E-state index is -0.917. The van der Waals surface area contributed by atoms with Gasteiger partial charge in [-0.25, -0.2) is 4.79 Å². The number of rotatable bonds is 2. The lowest BCUT2D eigenvalue weighted by Gasteiger charge is -2.19. The van der Waals surface area contributed by atoms with Crippen LogP contribution < -0.4 is 0 Å². The van der Waals surface area contributed by atoms with Gasteiger partial charge in [0.25, 0.3) is 0 Å². The zero-order chi connectivity index (χ0) is 8.85. The van der Waals surface area contributed by atoms with Gasteiger partial charge in [-0.3, -0.25) is 4.90 Å². The highest BCUT2D eigenvalue weighted by molar-refractivity contribution is 14.1. The van der Waals surface area contributed by atoms with Crippen molar-refractivity contribution in [1.82, 2.24) is 4.90 Å². The van der Waals surface area contributed by atoms with Crippen molar-refractivity contribution in [3.05, 3.63) is 0 Å². The number of carbonyl (C=O) groups is 1. The Morgan fingerprint density at radius 3 is 2.55 bits per heavy atom. The number of hydrogen-bond acceptors (Lipinski definition) is 1. The Labute approximate surface area is 79.9 Å². The van der Waals surface area contributed by atoms with Crippen molar-refractivity contribution in [2.75, 3.05) is 6.54 Å². The zero-order valence-electron chi connectivity index (χ0n) is 6.47. The summed E-state index contributed by atoms with van der Waals surface area (Å²) in [4.78, 5) is 11.8. The van der Waals surface area contributed by atoms with Crippen LogP contribution in [0.2, 0.25) is 0 Å². The highest BCUT2D eigenvalue weighted by Gasteiger charge is 2.12. The van der Waals surface area contributed by atoms with Gasteiger partial charge < -0.3 is 5.11 Å². The van der Waals surface area contributed by atoms with Gasteiger partial charge in [0.1, 0.15) is 0 Å². The predicted octanol–water partition coefficient (Wildman–Crippen LogP) is 1.77. The van der Waals surface area contributed by atoms with Crippen molar-refractivity contribution in [1.29, 1.82) is 0 Å². The average molecular weight is 267 g/mol. The molecule has 0 rings (SSSR count). The lowest BCUT2D eigenvalue weighted by Crippen LogP contribution is -2.35. The molecule has 0 saturated heterocycles. The molecule has 62 valence electrons. The first kappa shape index (κ1) is 10.6. The van der Waals surface area contributed by atoms with Gasteiger partial charge in [-0.15, -0.1) is 0 Å². The monoisotopic (exact) mass is 267 g/mol. The van der Waals surface area contributed by atoms with E-state index in [0.29, 0.717) is 0 Å². The van der Waals surface area contributed by atoms with Gasteiger partial charge in [0, 0.05) is 28.6 Å². The molecule has 0 radical (unpaired) electrons. The normalized spacial score (nSPS) is 8.73. The molecule has 11 heavy (non-hydrogen) atoms. The fourth-order valence-electron chi connectivity index (χ4n) is 0.586. The zero-order valence-corrected chi connectivity index (χ0v) is 8.62. The van der Waals surface area contributed by atoms with Crippen LogP contribution in [0.4, 0.5) is 4.79 Å². The molecule has 0 saturated carbocycles. The van der Waals surface area contributed by atoms with Crippen LogP contribution in [-0.4, -0.2) is 28.7 Å². The molecule has 3 nitrogen and oxygen atoms in total. The lowest BCUT2D eigenvalue weighted by molar-refractivity contribution is 0.139. The Bertz CT molecular complexity index is 192. The first-order valence-electron chi connectivity index (χ1n) is 3.17. The van der Waals surface area contributed by atoms with E-state index in [1.807, 2.05) is 36.4 Å². The maximum atomic E-state index is 10.5. The fraction of sp³-hybridized carbons (Fsp3) is 0.571. The van der Waals surface area contributed by atoms with Gasteiger partial charge in [-0.2, -0.15) is 0 Å². The third kappa shape index (κ3) is 4.09. The van der Waals surface area contributed by atoms with Gasteiger partial charge in [0.15, 0.2) is 0 Å². The van der Waals surface area contributed by atoms with E-state index < -0.39 is 6.09 Å². The van der Waals surface area contributed by atoms with Gasteiger partial charge in [-0.05, 0) is 17.8 Å². The smallest absolute Gasteiger partial charge is 0.408 e. The topological polar surface area (TPSA) is 40.5 Å². The standard InChI is InChI=1S/C7H10INO2/c1-6(2)9(7(10)11)5-3-4-8/h6H,5H2,1-2H3,(H,10,11). The van der Waals surface area contributed by atoms with Crippen LogP contribution in [-0.2, 0) is 0 Å². The van der Waals surface area contributed by atoms with Gasteiger partial charge in [0.05, 0.1) is 6.54 Å². The minimum absolute atomic E-state index is 0.00949. The summed E-state index contributed by atoms with van der Waals surface area (Å²) >= 11 is 1.89. The molecule has 0 spiro atoms. The molecule has 1 N–H and O–H groups in total. The molecule has 0 aliphatic carbocycles. The lowest BCUT2D eigenvalue weighted by atomic mass is 10.3. The van der Waals surface area contributed by atoms with Crippen LogP contribution in [0.25, 0.3) is 0 Å². The molecular formula is C7H10INO2. The van der Waals surface area contributed by atoms with E-state index in [9.17, 15) is 4.79 Å². The Hall–Kier alpha value is -0.440. The molecule has 0 aliphatic heterocycles. The molecule has 0 atom stereocenters. The molecule has 0 unspecified atom stereocenters. The summed E-state index contributed by atoms with van der Waals surface area (Å²) in [7, 11) is 0. The second-order valence-electron chi connectivity index (χ2n) is 2.28. The van der Waals surface area contributed by atoms with Crippen molar-refractivity contribution in [2.45, 2.75) is 19.9 Å². The van der Waals surface area contributed by atoms with Gasteiger partial charge >= 0.3 is 6.09 Å². The first-order chi connectivity index (χ1) is 5.09. The number of halogens is 1. The maximum absolute atomic E-state index is 10.5. The molecule has 0 fully saturated rings. The van der Waals surface area contributed by atoms with Crippen LogP contribution in [0.1, 0.15) is 13.8 Å². The number of amides is 1. The van der Waals surface area contributed by atoms with Crippen molar-refractivity contribution >= 4 is 28.7 Å². The second-order valence-corrected chi connectivity index (χ2v) is 2.81. The Kier molecular flexibility index (Phi) is 5.03. The van der Waals surface area contributed by atoms with Crippen LogP contribution in [0.5, 0.6) is 0 Å². The van der Waals surface area contributed by atoms with E-state index in [1.54, 1.807) is 0 Å². The minimum Gasteiger partial charge on any atom is -0.465 e. The summed E-state index contributed by atoms with van der Waals surface area (Å²) in [5.74, 6) is 2.69. The summed E-state index contributed by atoms with van der Waals surface area (Å²) in [6.45, 7) is 3.93. The molecule has 0 aromatic carbocycles. The molecular weight excluding hydrogens is 257 g/mol. The van der Waals surface area contributed by atoms with E-state index in [4.69, 9.17) is 5.11 Å². The Morgan fingerprint density at radius 2 is 2.27 bits per heavy atom. The van der Waals surface area contributed by atoms with E-state index >= 15 is 0 Å². The molecule has 4 heteroatoms. The number of carboxylic acid groups (broad SMARTS) is 1. The number of hydrogen-bond donors (Lipinski definition) is 1. The molecule has 0 aromatic rings. The van der Waals surface area contributed by atoms with E-state index in [-0.39, 0.29) is 12.6 Å². The van der Waals surface area contributed by atoms with Crippen LogP contribution in [0.15, 0.2) is 0 Å². The Balaban J connectivity index is 4.08.